The van der Waals surface area contributed by atoms with Crippen molar-refractivity contribution in [1.82, 2.24) is 4.98 Å². The summed E-state index contributed by atoms with van der Waals surface area (Å²) >= 11 is 9.39. The van der Waals surface area contributed by atoms with Crippen LogP contribution in [0.3, 0.4) is 0 Å². The van der Waals surface area contributed by atoms with Gasteiger partial charge in [-0.05, 0) is 32.9 Å². The molecule has 1 aromatic heterocycles. The first kappa shape index (κ1) is 15.1. The van der Waals surface area contributed by atoms with E-state index < -0.39 is 11.7 Å². The summed E-state index contributed by atoms with van der Waals surface area (Å²) in [5.74, 6) is 0. The first-order chi connectivity index (χ1) is 9.17. The fourth-order valence-electron chi connectivity index (χ4n) is 1.50. The van der Waals surface area contributed by atoms with Crippen LogP contribution in [0.15, 0.2) is 21.0 Å². The number of rotatable bonds is 1. The Labute approximate surface area is 130 Å². The van der Waals surface area contributed by atoms with Gasteiger partial charge in [0.1, 0.15) is 11.1 Å². The Kier molecular flexibility index (Phi) is 3.97. The van der Waals surface area contributed by atoms with E-state index in [1.54, 1.807) is 32.9 Å². The molecule has 1 amide bonds. The van der Waals surface area contributed by atoms with Crippen LogP contribution in [0.4, 0.5) is 10.8 Å². The SMILES string of the molecule is CN(C(=O)OC(C)(C)C)c1nc2cc(Br)cc(Cl)c2o1. The first-order valence-electron chi connectivity index (χ1n) is 5.89. The molecule has 5 nitrogen and oxygen atoms in total. The number of ether oxygens (including phenoxy) is 1. The molecule has 0 saturated carbocycles. The quantitative estimate of drug-likeness (QED) is 0.744. The summed E-state index contributed by atoms with van der Waals surface area (Å²) in [6.07, 6.45) is -0.542. The molecule has 108 valence electrons. The lowest BCUT2D eigenvalue weighted by Crippen LogP contribution is -2.34. The molecular formula is C13H14BrClN2O3. The topological polar surface area (TPSA) is 55.6 Å². The second-order valence-corrected chi connectivity index (χ2v) is 6.59. The Balaban J connectivity index is 2.33. The molecule has 0 aliphatic rings. The number of halogens is 2. The van der Waals surface area contributed by atoms with Crippen molar-refractivity contribution in [3.8, 4) is 0 Å². The molecule has 1 heterocycles. The van der Waals surface area contributed by atoms with Crippen LogP contribution in [-0.2, 0) is 4.74 Å². The van der Waals surface area contributed by atoms with Crippen LogP contribution in [0, 0.1) is 0 Å². The number of carbonyl (C=O) groups excluding carboxylic acids is 1. The zero-order valence-corrected chi connectivity index (χ0v) is 13.9. The van der Waals surface area contributed by atoms with Crippen molar-refractivity contribution in [2.75, 3.05) is 11.9 Å². The van der Waals surface area contributed by atoms with Crippen LogP contribution in [0.5, 0.6) is 0 Å². The van der Waals surface area contributed by atoms with Crippen LogP contribution >= 0.6 is 27.5 Å². The Bertz CT molecular complexity index is 663. The maximum atomic E-state index is 11.9. The molecule has 1 aromatic carbocycles. The van der Waals surface area contributed by atoms with E-state index in [1.807, 2.05) is 0 Å². The van der Waals surface area contributed by atoms with E-state index in [0.29, 0.717) is 16.1 Å². The van der Waals surface area contributed by atoms with Gasteiger partial charge >= 0.3 is 12.1 Å². The van der Waals surface area contributed by atoms with Gasteiger partial charge in [0.2, 0.25) is 0 Å². The summed E-state index contributed by atoms with van der Waals surface area (Å²) in [7, 11) is 1.53. The minimum absolute atomic E-state index is 0.134. The first-order valence-corrected chi connectivity index (χ1v) is 7.07. The van der Waals surface area contributed by atoms with Crippen molar-refractivity contribution >= 4 is 50.7 Å². The van der Waals surface area contributed by atoms with Crippen LogP contribution in [0.25, 0.3) is 11.1 Å². The number of hydrogen-bond donors (Lipinski definition) is 0. The molecule has 0 bridgehead atoms. The summed E-state index contributed by atoms with van der Waals surface area (Å²) in [5.41, 5.74) is 0.410. The number of anilines is 1. The number of hydrogen-bond acceptors (Lipinski definition) is 4. The summed E-state index contributed by atoms with van der Waals surface area (Å²) in [6, 6.07) is 3.60. The fraction of sp³-hybridized carbons (Fsp3) is 0.385. The van der Waals surface area contributed by atoms with Crippen LogP contribution in [0.1, 0.15) is 20.8 Å². The van der Waals surface area contributed by atoms with E-state index in [-0.39, 0.29) is 6.01 Å². The molecule has 0 unspecified atom stereocenters. The van der Waals surface area contributed by atoms with Gasteiger partial charge in [0.05, 0.1) is 5.02 Å². The predicted octanol–water partition coefficient (Wildman–Crippen LogP) is 4.62. The Morgan fingerprint density at radius 2 is 2.10 bits per heavy atom. The lowest BCUT2D eigenvalue weighted by molar-refractivity contribution is 0.0583. The van der Waals surface area contributed by atoms with Crippen molar-refractivity contribution in [1.29, 1.82) is 0 Å². The maximum Gasteiger partial charge on any atom is 0.418 e. The van der Waals surface area contributed by atoms with E-state index in [9.17, 15) is 4.79 Å². The number of carbonyl (C=O) groups is 1. The number of aromatic nitrogens is 1. The van der Waals surface area contributed by atoms with Crippen LogP contribution in [0.2, 0.25) is 5.02 Å². The molecular weight excluding hydrogens is 348 g/mol. The third kappa shape index (κ3) is 3.24. The molecule has 0 aliphatic heterocycles. The Morgan fingerprint density at radius 3 is 2.70 bits per heavy atom. The number of fused-ring (bicyclic) bond motifs is 1. The third-order valence-electron chi connectivity index (χ3n) is 2.35. The van der Waals surface area contributed by atoms with E-state index in [1.165, 1.54) is 11.9 Å². The molecule has 2 aromatic rings. The largest absolute Gasteiger partial charge is 0.443 e. The van der Waals surface area contributed by atoms with Crippen molar-refractivity contribution in [2.24, 2.45) is 0 Å². The second kappa shape index (κ2) is 5.26. The summed E-state index contributed by atoms with van der Waals surface area (Å²) in [5, 5.41) is 0.422. The highest BCUT2D eigenvalue weighted by molar-refractivity contribution is 9.10. The number of benzene rings is 1. The highest BCUT2D eigenvalue weighted by atomic mass is 79.9. The van der Waals surface area contributed by atoms with Gasteiger partial charge in [0.15, 0.2) is 5.58 Å². The molecule has 0 fully saturated rings. The molecule has 0 N–H and O–H groups in total. The second-order valence-electron chi connectivity index (χ2n) is 5.27. The summed E-state index contributed by atoms with van der Waals surface area (Å²) < 4.78 is 11.5. The molecule has 0 atom stereocenters. The molecule has 0 spiro atoms. The van der Waals surface area contributed by atoms with E-state index in [2.05, 4.69) is 20.9 Å². The fourth-order valence-corrected chi connectivity index (χ4v) is 2.33. The normalized spacial score (nSPS) is 11.7. The molecule has 20 heavy (non-hydrogen) atoms. The molecule has 0 radical (unpaired) electrons. The van der Waals surface area contributed by atoms with E-state index in [0.717, 1.165) is 4.47 Å². The molecule has 0 aliphatic carbocycles. The van der Waals surface area contributed by atoms with E-state index in [4.69, 9.17) is 20.8 Å². The molecule has 2 rings (SSSR count). The van der Waals surface area contributed by atoms with Gasteiger partial charge in [-0.15, -0.1) is 0 Å². The zero-order chi connectivity index (χ0) is 15.1. The molecule has 7 heteroatoms. The lowest BCUT2D eigenvalue weighted by atomic mass is 10.2. The van der Waals surface area contributed by atoms with Crippen LogP contribution in [-0.4, -0.2) is 23.7 Å². The molecule has 0 saturated heterocycles. The van der Waals surface area contributed by atoms with Gasteiger partial charge < -0.3 is 9.15 Å². The average molecular weight is 362 g/mol. The standard InChI is InChI=1S/C13H14BrClN2O3/c1-13(2,3)20-12(18)17(4)11-16-9-6-7(14)5-8(15)10(9)19-11/h5-6H,1-4H3. The maximum absolute atomic E-state index is 11.9. The third-order valence-corrected chi connectivity index (χ3v) is 3.09. The highest BCUT2D eigenvalue weighted by Crippen LogP contribution is 2.31. The summed E-state index contributed by atoms with van der Waals surface area (Å²) in [4.78, 5) is 17.4. The smallest absolute Gasteiger partial charge is 0.418 e. The number of nitrogens with zero attached hydrogens (tertiary/aromatic N) is 2. The van der Waals surface area contributed by atoms with Crippen LogP contribution < -0.4 is 4.90 Å². The summed E-state index contributed by atoms with van der Waals surface area (Å²) in [6.45, 7) is 5.37. The van der Waals surface area contributed by atoms with E-state index >= 15 is 0 Å². The van der Waals surface area contributed by atoms with Crippen molar-refractivity contribution in [3.05, 3.63) is 21.6 Å². The number of amides is 1. The lowest BCUT2D eigenvalue weighted by Gasteiger charge is -2.22. The van der Waals surface area contributed by atoms with Gasteiger partial charge in [0.25, 0.3) is 0 Å². The van der Waals surface area contributed by atoms with Crippen molar-refractivity contribution in [3.63, 3.8) is 0 Å². The monoisotopic (exact) mass is 360 g/mol. The van der Waals surface area contributed by atoms with Gasteiger partial charge in [-0.3, -0.25) is 0 Å². The average Bonchev–Trinajstić information content (AvgIpc) is 2.69. The van der Waals surface area contributed by atoms with Gasteiger partial charge in [0, 0.05) is 11.5 Å². The Morgan fingerprint density at radius 1 is 1.45 bits per heavy atom. The van der Waals surface area contributed by atoms with Crippen molar-refractivity contribution < 1.29 is 13.9 Å². The minimum atomic E-state index is -0.585. The van der Waals surface area contributed by atoms with Gasteiger partial charge in [-0.25, -0.2) is 9.69 Å². The minimum Gasteiger partial charge on any atom is -0.443 e. The number of oxazole rings is 1. The predicted molar refractivity (Wildman–Crippen MR) is 81.4 cm³/mol. The Hall–Kier alpha value is -1.27. The zero-order valence-electron chi connectivity index (χ0n) is 11.5. The van der Waals surface area contributed by atoms with Crippen molar-refractivity contribution in [2.45, 2.75) is 26.4 Å². The van der Waals surface area contributed by atoms with Gasteiger partial charge in [-0.2, -0.15) is 4.98 Å². The van der Waals surface area contributed by atoms with Gasteiger partial charge in [-0.1, -0.05) is 27.5 Å². The highest BCUT2D eigenvalue weighted by Gasteiger charge is 2.24.